The van der Waals surface area contributed by atoms with E-state index in [1.165, 1.54) is 0 Å². The van der Waals surface area contributed by atoms with Crippen LogP contribution in [0.3, 0.4) is 0 Å². The predicted octanol–water partition coefficient (Wildman–Crippen LogP) is 2.06. The van der Waals surface area contributed by atoms with Gasteiger partial charge < -0.3 is 16.0 Å². The van der Waals surface area contributed by atoms with Crippen molar-refractivity contribution < 1.29 is 14.4 Å². The van der Waals surface area contributed by atoms with E-state index >= 15 is 0 Å². The first-order valence-corrected chi connectivity index (χ1v) is 8.29. The number of anilines is 1. The molecule has 1 atom stereocenters. The first kappa shape index (κ1) is 18.0. The first-order valence-electron chi connectivity index (χ1n) is 8.29. The summed E-state index contributed by atoms with van der Waals surface area (Å²) in [4.78, 5) is 36.2. The highest BCUT2D eigenvalue weighted by Gasteiger charge is 2.25. The molecule has 1 aliphatic heterocycles. The Kier molecular flexibility index (Phi) is 5.59. The molecule has 0 saturated heterocycles. The first-order chi connectivity index (χ1) is 11.3. The Labute approximate surface area is 142 Å². The topological polar surface area (TPSA) is 87.3 Å². The summed E-state index contributed by atoms with van der Waals surface area (Å²) in [5, 5.41) is 8.34. The van der Waals surface area contributed by atoms with E-state index in [-0.39, 0.29) is 29.6 Å². The molecular formula is C18H25N3O3. The van der Waals surface area contributed by atoms with Crippen molar-refractivity contribution in [2.75, 3.05) is 5.32 Å². The maximum Gasteiger partial charge on any atom is 0.251 e. The van der Waals surface area contributed by atoms with E-state index < -0.39 is 6.04 Å². The van der Waals surface area contributed by atoms with Crippen LogP contribution in [-0.4, -0.2) is 23.8 Å². The molecule has 0 saturated carbocycles. The van der Waals surface area contributed by atoms with E-state index in [1.54, 1.807) is 12.1 Å². The fourth-order valence-electron chi connectivity index (χ4n) is 2.65. The molecule has 0 fully saturated rings. The SMILES string of the molecule is CC(C)CC(=O)NC(C(=O)Nc1ccc2c(c1)C(=O)NC2)C(C)C. The zero-order valence-corrected chi connectivity index (χ0v) is 14.6. The molecular weight excluding hydrogens is 306 g/mol. The molecule has 0 aromatic heterocycles. The molecule has 0 bridgehead atoms. The number of carbonyl (C=O) groups is 3. The summed E-state index contributed by atoms with van der Waals surface area (Å²) in [5.74, 6) is -0.352. The van der Waals surface area contributed by atoms with E-state index in [4.69, 9.17) is 0 Å². The van der Waals surface area contributed by atoms with Crippen LogP contribution in [0.1, 0.15) is 50.0 Å². The summed E-state index contributed by atoms with van der Waals surface area (Å²) in [6, 6.07) is 4.65. The Balaban J connectivity index is 2.07. The van der Waals surface area contributed by atoms with Gasteiger partial charge in [0, 0.05) is 24.2 Å². The van der Waals surface area contributed by atoms with Crippen molar-refractivity contribution in [1.29, 1.82) is 0 Å². The minimum absolute atomic E-state index is 0.0427. The fourth-order valence-corrected chi connectivity index (χ4v) is 2.65. The summed E-state index contributed by atoms with van der Waals surface area (Å²) in [6.07, 6.45) is 0.384. The largest absolute Gasteiger partial charge is 0.348 e. The molecule has 2 rings (SSSR count). The molecule has 0 aliphatic carbocycles. The van der Waals surface area contributed by atoms with Crippen molar-refractivity contribution in [1.82, 2.24) is 10.6 Å². The summed E-state index contributed by atoms with van der Waals surface area (Å²) < 4.78 is 0. The maximum absolute atomic E-state index is 12.5. The lowest BCUT2D eigenvalue weighted by Crippen LogP contribution is -2.47. The van der Waals surface area contributed by atoms with Crippen molar-refractivity contribution in [3.8, 4) is 0 Å². The molecule has 3 N–H and O–H groups in total. The summed E-state index contributed by atoms with van der Waals surface area (Å²) >= 11 is 0. The monoisotopic (exact) mass is 331 g/mol. The quantitative estimate of drug-likeness (QED) is 0.745. The van der Waals surface area contributed by atoms with E-state index in [0.717, 1.165) is 5.56 Å². The van der Waals surface area contributed by atoms with Crippen LogP contribution >= 0.6 is 0 Å². The summed E-state index contributed by atoms with van der Waals surface area (Å²) in [5.41, 5.74) is 2.06. The zero-order valence-electron chi connectivity index (χ0n) is 14.6. The molecule has 6 nitrogen and oxygen atoms in total. The number of rotatable bonds is 6. The highest BCUT2D eigenvalue weighted by atomic mass is 16.2. The lowest BCUT2D eigenvalue weighted by molar-refractivity contribution is -0.127. The van der Waals surface area contributed by atoms with Gasteiger partial charge in [-0.2, -0.15) is 0 Å². The third kappa shape index (κ3) is 4.34. The zero-order chi connectivity index (χ0) is 17.9. The minimum atomic E-state index is -0.613. The van der Waals surface area contributed by atoms with E-state index in [2.05, 4.69) is 16.0 Å². The van der Waals surface area contributed by atoms with E-state index in [0.29, 0.717) is 24.2 Å². The van der Waals surface area contributed by atoms with Crippen LogP contribution < -0.4 is 16.0 Å². The standard InChI is InChI=1S/C18H25N3O3/c1-10(2)7-15(22)21-16(11(3)4)18(24)20-13-6-5-12-9-19-17(23)14(12)8-13/h5-6,8,10-11,16H,7,9H2,1-4H3,(H,19,23)(H,20,24)(H,21,22). The van der Waals surface area contributed by atoms with Crippen molar-refractivity contribution >= 4 is 23.4 Å². The van der Waals surface area contributed by atoms with Crippen LogP contribution in [0.25, 0.3) is 0 Å². The van der Waals surface area contributed by atoms with Crippen LogP contribution in [0.15, 0.2) is 18.2 Å². The second kappa shape index (κ2) is 7.47. The van der Waals surface area contributed by atoms with Gasteiger partial charge in [-0.25, -0.2) is 0 Å². The molecule has 1 aromatic rings. The molecule has 0 spiro atoms. The van der Waals surface area contributed by atoms with E-state index in [1.807, 2.05) is 33.8 Å². The van der Waals surface area contributed by atoms with Gasteiger partial charge in [0.05, 0.1) is 0 Å². The van der Waals surface area contributed by atoms with Crippen molar-refractivity contribution in [3.05, 3.63) is 29.3 Å². The third-order valence-corrected chi connectivity index (χ3v) is 3.92. The minimum Gasteiger partial charge on any atom is -0.348 e. The molecule has 1 unspecified atom stereocenters. The Bertz CT molecular complexity index is 653. The van der Waals surface area contributed by atoms with Crippen LogP contribution in [-0.2, 0) is 16.1 Å². The third-order valence-electron chi connectivity index (χ3n) is 3.92. The number of hydrogen-bond acceptors (Lipinski definition) is 3. The van der Waals surface area contributed by atoms with Crippen molar-refractivity contribution in [2.24, 2.45) is 11.8 Å². The second-order valence-electron chi connectivity index (χ2n) is 6.93. The molecule has 130 valence electrons. The second-order valence-corrected chi connectivity index (χ2v) is 6.93. The molecule has 1 aliphatic rings. The Hall–Kier alpha value is -2.37. The Morgan fingerprint density at radius 1 is 1.21 bits per heavy atom. The van der Waals surface area contributed by atoms with E-state index in [9.17, 15) is 14.4 Å². The van der Waals surface area contributed by atoms with Crippen molar-refractivity contribution in [2.45, 2.75) is 46.7 Å². The molecule has 3 amide bonds. The van der Waals surface area contributed by atoms with Crippen molar-refractivity contribution in [3.63, 3.8) is 0 Å². The van der Waals surface area contributed by atoms with Crippen LogP contribution in [0, 0.1) is 11.8 Å². The lowest BCUT2D eigenvalue weighted by atomic mass is 10.0. The number of hydrogen-bond donors (Lipinski definition) is 3. The number of fused-ring (bicyclic) bond motifs is 1. The normalized spacial score (nSPS) is 14.3. The van der Waals surface area contributed by atoms with Gasteiger partial charge in [-0.3, -0.25) is 14.4 Å². The maximum atomic E-state index is 12.5. The number of nitrogens with one attached hydrogen (secondary N) is 3. The average molecular weight is 331 g/mol. The van der Waals surface area contributed by atoms with Gasteiger partial charge in [0.2, 0.25) is 11.8 Å². The van der Waals surface area contributed by atoms with Gasteiger partial charge in [0.15, 0.2) is 0 Å². The van der Waals surface area contributed by atoms with Gasteiger partial charge in [0.1, 0.15) is 6.04 Å². The van der Waals surface area contributed by atoms with Gasteiger partial charge in [-0.05, 0) is 29.5 Å². The summed E-state index contributed by atoms with van der Waals surface area (Å²) in [7, 11) is 0. The Morgan fingerprint density at radius 2 is 1.92 bits per heavy atom. The molecule has 1 heterocycles. The highest BCUT2D eigenvalue weighted by molar-refractivity contribution is 6.01. The number of benzene rings is 1. The van der Waals surface area contributed by atoms with Crippen LogP contribution in [0.2, 0.25) is 0 Å². The predicted molar refractivity (Wildman–Crippen MR) is 92.5 cm³/mol. The number of carbonyl (C=O) groups excluding carboxylic acids is 3. The number of amides is 3. The van der Waals surface area contributed by atoms with Gasteiger partial charge in [-0.1, -0.05) is 33.8 Å². The summed E-state index contributed by atoms with van der Waals surface area (Å²) in [6.45, 7) is 8.20. The lowest BCUT2D eigenvalue weighted by Gasteiger charge is -2.22. The fraction of sp³-hybridized carbons (Fsp3) is 0.500. The van der Waals surface area contributed by atoms with Gasteiger partial charge in [0.25, 0.3) is 5.91 Å². The smallest absolute Gasteiger partial charge is 0.251 e. The van der Waals surface area contributed by atoms with Crippen LogP contribution in [0.4, 0.5) is 5.69 Å². The molecule has 1 aromatic carbocycles. The molecule has 6 heteroatoms. The molecule has 24 heavy (non-hydrogen) atoms. The van der Waals surface area contributed by atoms with Gasteiger partial charge in [-0.15, -0.1) is 0 Å². The Morgan fingerprint density at radius 3 is 2.54 bits per heavy atom. The van der Waals surface area contributed by atoms with Gasteiger partial charge >= 0.3 is 0 Å². The average Bonchev–Trinajstić information content (AvgIpc) is 2.85. The van der Waals surface area contributed by atoms with Crippen LogP contribution in [0.5, 0.6) is 0 Å². The highest BCUT2D eigenvalue weighted by Crippen LogP contribution is 2.20. The molecule has 0 radical (unpaired) electrons.